The third kappa shape index (κ3) is 4.21. The van der Waals surface area contributed by atoms with E-state index in [4.69, 9.17) is 4.74 Å². The zero-order valence-electron chi connectivity index (χ0n) is 16.8. The largest absolute Gasteiger partial charge is 1.00 e. The molecule has 0 heterocycles. The molecule has 0 saturated carbocycles. The Kier molecular flexibility index (Phi) is 7.15. The molecule has 0 atom stereocenters. The lowest BCUT2D eigenvalue weighted by atomic mass is 10.2. The van der Waals surface area contributed by atoms with Gasteiger partial charge < -0.3 is 22.3 Å². The number of benzene rings is 4. The van der Waals surface area contributed by atoms with Gasteiger partial charge in [0, 0.05) is 5.56 Å². The van der Waals surface area contributed by atoms with E-state index in [9.17, 15) is 5.11 Å². The Balaban J connectivity index is 0.00000256. The molecule has 4 aromatic rings. The van der Waals surface area contributed by atoms with Crippen molar-refractivity contribution < 1.29 is 22.3 Å². The summed E-state index contributed by atoms with van der Waals surface area (Å²) >= 11 is 0. The van der Waals surface area contributed by atoms with E-state index in [1.54, 1.807) is 19.2 Å². The van der Waals surface area contributed by atoms with E-state index in [2.05, 4.69) is 91.0 Å². The molecule has 0 aliphatic carbocycles. The summed E-state index contributed by atoms with van der Waals surface area (Å²) in [5.74, 6) is 1.06. The minimum atomic E-state index is -2.05. The molecule has 0 aliphatic heterocycles. The van der Waals surface area contributed by atoms with Gasteiger partial charge in [-0.25, -0.2) is 0 Å². The quantitative estimate of drug-likeness (QED) is 0.470. The van der Waals surface area contributed by atoms with Crippen LogP contribution in [0.15, 0.2) is 109 Å². The van der Waals surface area contributed by atoms with Gasteiger partial charge in [0.2, 0.25) is 0 Å². The van der Waals surface area contributed by atoms with Gasteiger partial charge in [-0.1, -0.05) is 54.6 Å². The molecule has 4 rings (SSSR count). The highest BCUT2D eigenvalue weighted by Gasteiger charge is 2.45. The van der Waals surface area contributed by atoms with Crippen LogP contribution in [0.3, 0.4) is 0 Å². The predicted octanol–water partition coefficient (Wildman–Crippen LogP) is 1.90. The topological polar surface area (TPSA) is 29.5 Å². The number of methoxy groups -OCH3 is 1. The number of hydrogen-bond donors (Lipinski definition) is 1. The lowest BCUT2D eigenvalue weighted by Gasteiger charge is -2.28. The first-order valence-electron chi connectivity index (χ1n) is 9.65. The maximum atomic E-state index is 10.7. The van der Waals surface area contributed by atoms with Crippen LogP contribution in [0.25, 0.3) is 0 Å². The summed E-state index contributed by atoms with van der Waals surface area (Å²) in [6.45, 7) is 0. The summed E-state index contributed by atoms with van der Waals surface area (Å²) < 4.78 is 5.44. The Labute approximate surface area is 184 Å². The highest BCUT2D eigenvalue weighted by atomic mass is 35.5. The summed E-state index contributed by atoms with van der Waals surface area (Å²) in [6, 6.07) is 37.5. The average Bonchev–Trinajstić information content (AvgIpc) is 2.80. The van der Waals surface area contributed by atoms with Gasteiger partial charge in [0.25, 0.3) is 0 Å². The van der Waals surface area contributed by atoms with Crippen molar-refractivity contribution in [3.05, 3.63) is 115 Å². The van der Waals surface area contributed by atoms with Crippen molar-refractivity contribution in [3.63, 3.8) is 0 Å². The first kappa shape index (κ1) is 21.9. The van der Waals surface area contributed by atoms with Gasteiger partial charge in [-0.15, -0.1) is 0 Å². The van der Waals surface area contributed by atoms with Crippen molar-refractivity contribution in [3.8, 4) is 11.5 Å². The lowest BCUT2D eigenvalue weighted by molar-refractivity contribution is -0.00000693. The molecule has 152 valence electrons. The van der Waals surface area contributed by atoms with E-state index in [-0.39, 0.29) is 12.4 Å². The van der Waals surface area contributed by atoms with Crippen LogP contribution >= 0.6 is 7.26 Å². The molecular formula is C26H24ClO2P. The van der Waals surface area contributed by atoms with Gasteiger partial charge in [-0.05, 0) is 54.6 Å². The number of ether oxygens (including phenoxy) is 1. The molecule has 1 N–H and O–H groups in total. The molecule has 30 heavy (non-hydrogen) atoms. The van der Waals surface area contributed by atoms with E-state index in [0.717, 1.165) is 11.3 Å². The molecule has 0 fully saturated rings. The molecule has 4 heteroatoms. The molecule has 0 radical (unpaired) electrons. The SMILES string of the molecule is COc1ccc(O)c(C[P+](c2ccccc2)(c2ccccc2)c2ccccc2)c1.[Cl-]. The second-order valence-corrected chi connectivity index (χ2v) is 10.5. The van der Waals surface area contributed by atoms with E-state index in [1.165, 1.54) is 15.9 Å². The zero-order valence-corrected chi connectivity index (χ0v) is 18.4. The van der Waals surface area contributed by atoms with Gasteiger partial charge in [-0.2, -0.15) is 0 Å². The van der Waals surface area contributed by atoms with Crippen molar-refractivity contribution in [2.45, 2.75) is 6.16 Å². The smallest absolute Gasteiger partial charge is 0.122 e. The molecule has 0 spiro atoms. The minimum Gasteiger partial charge on any atom is -1.00 e. The van der Waals surface area contributed by atoms with Crippen molar-refractivity contribution in [2.24, 2.45) is 0 Å². The molecule has 2 nitrogen and oxygen atoms in total. The van der Waals surface area contributed by atoms with Crippen LogP contribution in [0.4, 0.5) is 0 Å². The number of phenols is 1. The van der Waals surface area contributed by atoms with Gasteiger partial charge in [0.1, 0.15) is 40.8 Å². The fourth-order valence-electron chi connectivity index (χ4n) is 3.84. The van der Waals surface area contributed by atoms with Crippen LogP contribution in [-0.4, -0.2) is 12.2 Å². The Hall–Kier alpha value is -2.80. The third-order valence-corrected chi connectivity index (χ3v) is 9.64. The standard InChI is InChI=1S/C26H23O2P.ClH/c1-28-22-17-18-26(27)21(19-22)20-29(23-11-5-2-6-12-23,24-13-7-3-8-14-24)25-15-9-4-10-16-25;/h2-19H,20H2,1H3;1H. The minimum absolute atomic E-state index is 0. The summed E-state index contributed by atoms with van der Waals surface area (Å²) in [5.41, 5.74) is 0.897. The van der Waals surface area contributed by atoms with E-state index >= 15 is 0 Å². The van der Waals surface area contributed by atoms with Gasteiger partial charge in [-0.3, -0.25) is 0 Å². The normalized spacial score (nSPS) is 10.8. The third-order valence-electron chi connectivity index (χ3n) is 5.29. The van der Waals surface area contributed by atoms with E-state index in [0.29, 0.717) is 11.9 Å². The van der Waals surface area contributed by atoms with Crippen molar-refractivity contribution in [2.75, 3.05) is 7.11 Å². The molecule has 0 unspecified atom stereocenters. The Morgan fingerprint density at radius 3 is 1.50 bits per heavy atom. The van der Waals surface area contributed by atoms with Crippen molar-refractivity contribution in [1.82, 2.24) is 0 Å². The number of hydrogen-bond acceptors (Lipinski definition) is 2. The summed E-state index contributed by atoms with van der Waals surface area (Å²) in [6.07, 6.45) is 0.716. The highest BCUT2D eigenvalue weighted by molar-refractivity contribution is 7.95. The van der Waals surface area contributed by atoms with Gasteiger partial charge >= 0.3 is 0 Å². The fraction of sp³-hybridized carbons (Fsp3) is 0.0769. The summed E-state index contributed by atoms with van der Waals surface area (Å²) in [7, 11) is -0.391. The second kappa shape index (κ2) is 9.80. The second-order valence-electron chi connectivity index (χ2n) is 6.97. The lowest BCUT2D eigenvalue weighted by Crippen LogP contribution is -3.00. The number of phenolic OH excluding ortho intramolecular Hbond substituents is 1. The van der Waals surface area contributed by atoms with Gasteiger partial charge in [0.05, 0.1) is 7.11 Å². The Morgan fingerprint density at radius 2 is 1.10 bits per heavy atom. The fourth-order valence-corrected chi connectivity index (χ4v) is 8.09. The average molecular weight is 435 g/mol. The van der Waals surface area contributed by atoms with E-state index in [1.807, 2.05) is 6.07 Å². The first-order chi connectivity index (χ1) is 14.2. The Morgan fingerprint density at radius 1 is 0.667 bits per heavy atom. The number of aromatic hydroxyl groups is 1. The molecule has 0 bridgehead atoms. The summed E-state index contributed by atoms with van der Waals surface area (Å²) in [5, 5.41) is 14.6. The monoisotopic (exact) mass is 434 g/mol. The summed E-state index contributed by atoms with van der Waals surface area (Å²) in [4.78, 5) is 0. The van der Waals surface area contributed by atoms with Crippen LogP contribution in [0, 0.1) is 0 Å². The Bertz CT molecular complexity index is 973. The van der Waals surface area contributed by atoms with Crippen molar-refractivity contribution in [1.29, 1.82) is 0 Å². The van der Waals surface area contributed by atoms with Crippen LogP contribution in [0.5, 0.6) is 11.5 Å². The van der Waals surface area contributed by atoms with Gasteiger partial charge in [0.15, 0.2) is 0 Å². The molecule has 0 aromatic heterocycles. The van der Waals surface area contributed by atoms with Crippen molar-refractivity contribution >= 4 is 23.2 Å². The van der Waals surface area contributed by atoms with E-state index < -0.39 is 7.26 Å². The maximum Gasteiger partial charge on any atom is 0.122 e. The maximum absolute atomic E-state index is 10.7. The highest BCUT2D eigenvalue weighted by Crippen LogP contribution is 2.59. The molecule has 4 aromatic carbocycles. The van der Waals surface area contributed by atoms with Crippen LogP contribution in [0.2, 0.25) is 0 Å². The van der Waals surface area contributed by atoms with Crippen LogP contribution in [-0.2, 0) is 6.16 Å². The zero-order chi connectivity index (χ0) is 20.1. The number of halogens is 1. The molecular weight excluding hydrogens is 411 g/mol. The first-order valence-corrected chi connectivity index (χ1v) is 11.6. The number of rotatable bonds is 6. The van der Waals surface area contributed by atoms with Crippen LogP contribution < -0.4 is 33.1 Å². The molecule has 0 amide bonds. The predicted molar refractivity (Wildman–Crippen MR) is 124 cm³/mol. The molecule has 0 saturated heterocycles. The van der Waals surface area contributed by atoms with Crippen LogP contribution in [0.1, 0.15) is 5.56 Å². The molecule has 0 aliphatic rings.